The van der Waals surface area contributed by atoms with Crippen molar-refractivity contribution in [3.63, 3.8) is 0 Å². The van der Waals surface area contributed by atoms with Crippen molar-refractivity contribution in [2.75, 3.05) is 20.3 Å². The van der Waals surface area contributed by atoms with Crippen LogP contribution in [-0.4, -0.2) is 37.8 Å². The van der Waals surface area contributed by atoms with Crippen molar-refractivity contribution in [3.05, 3.63) is 0 Å². The second kappa shape index (κ2) is 7.02. The van der Waals surface area contributed by atoms with E-state index < -0.39 is 11.8 Å². The lowest BCUT2D eigenvalue weighted by Crippen LogP contribution is -2.39. The summed E-state index contributed by atoms with van der Waals surface area (Å²) in [6.07, 6.45) is 0. The number of amides is 2. The summed E-state index contributed by atoms with van der Waals surface area (Å²) >= 11 is 0. The van der Waals surface area contributed by atoms with E-state index in [2.05, 4.69) is 15.8 Å². The topological polar surface area (TPSA) is 79.8 Å². The smallest absolute Gasteiger partial charge is 0.329 e. The van der Waals surface area contributed by atoms with Gasteiger partial charge in [-0.1, -0.05) is 0 Å². The molecule has 14 heavy (non-hydrogen) atoms. The molecular weight excluding hydrogens is 186 g/mol. The Kier molecular flexibility index (Phi) is 6.30. The highest BCUT2D eigenvalue weighted by Gasteiger charge is 2.10. The van der Waals surface area contributed by atoms with E-state index in [-0.39, 0.29) is 0 Å². The van der Waals surface area contributed by atoms with E-state index in [4.69, 9.17) is 4.74 Å². The number of methoxy groups -OCH3 is 1. The Hall–Kier alpha value is -1.43. The number of carbonyl (C=O) groups is 2. The molecule has 0 aliphatic carbocycles. The van der Waals surface area contributed by atoms with Crippen LogP contribution in [-0.2, 0) is 14.3 Å². The van der Waals surface area contributed by atoms with Gasteiger partial charge in [0.05, 0.1) is 6.61 Å². The molecule has 0 bridgehead atoms. The lowest BCUT2D eigenvalue weighted by Gasteiger charge is -2.02. The number of nitrogens with zero attached hydrogens (tertiary/aromatic N) is 1. The predicted molar refractivity (Wildman–Crippen MR) is 51.8 cm³/mol. The minimum Gasteiger partial charge on any atom is -0.383 e. The van der Waals surface area contributed by atoms with Crippen LogP contribution in [0.2, 0.25) is 0 Å². The normalized spacial score (nSPS) is 9.07. The van der Waals surface area contributed by atoms with Gasteiger partial charge in [0.1, 0.15) is 0 Å². The van der Waals surface area contributed by atoms with Crippen molar-refractivity contribution < 1.29 is 14.3 Å². The summed E-state index contributed by atoms with van der Waals surface area (Å²) in [5.74, 6) is -1.49. The fourth-order valence-corrected chi connectivity index (χ4v) is 0.560. The van der Waals surface area contributed by atoms with Crippen molar-refractivity contribution in [1.82, 2.24) is 10.7 Å². The summed E-state index contributed by atoms with van der Waals surface area (Å²) in [5.41, 5.74) is 2.77. The molecule has 0 saturated heterocycles. The molecule has 0 aliphatic rings. The van der Waals surface area contributed by atoms with Gasteiger partial charge in [0.15, 0.2) is 0 Å². The first-order valence-corrected chi connectivity index (χ1v) is 4.16. The number of rotatable bonds is 4. The molecule has 2 N–H and O–H groups in total. The van der Waals surface area contributed by atoms with Crippen LogP contribution >= 0.6 is 0 Å². The Bertz CT molecular complexity index is 234. The first-order chi connectivity index (χ1) is 6.57. The van der Waals surface area contributed by atoms with Crippen molar-refractivity contribution >= 4 is 17.5 Å². The largest absolute Gasteiger partial charge is 0.383 e. The van der Waals surface area contributed by atoms with E-state index in [1.807, 2.05) is 0 Å². The highest BCUT2D eigenvalue weighted by atomic mass is 16.5. The number of hydrazone groups is 1. The van der Waals surface area contributed by atoms with Crippen LogP contribution in [0.5, 0.6) is 0 Å². The maximum Gasteiger partial charge on any atom is 0.329 e. The highest BCUT2D eigenvalue weighted by molar-refractivity contribution is 6.35. The van der Waals surface area contributed by atoms with E-state index in [1.54, 1.807) is 13.8 Å². The number of carbonyl (C=O) groups excluding carboxylic acids is 2. The standard InChI is InChI=1S/C8H15N3O3/c1-6(2)10-11-8(13)7(12)9-4-5-14-3/h4-5H2,1-3H3,(H,9,12)(H,11,13). The number of ether oxygens (including phenoxy) is 1. The number of nitrogens with one attached hydrogen (secondary N) is 2. The van der Waals surface area contributed by atoms with E-state index in [1.165, 1.54) is 7.11 Å². The molecule has 80 valence electrons. The lowest BCUT2D eigenvalue weighted by molar-refractivity contribution is -0.139. The second-order valence-corrected chi connectivity index (χ2v) is 2.75. The molecule has 0 rings (SSSR count). The van der Waals surface area contributed by atoms with E-state index in [0.717, 1.165) is 0 Å². The summed E-state index contributed by atoms with van der Waals surface area (Å²) < 4.78 is 4.70. The van der Waals surface area contributed by atoms with Gasteiger partial charge in [-0.2, -0.15) is 5.10 Å². The molecule has 0 heterocycles. The van der Waals surface area contributed by atoms with Gasteiger partial charge >= 0.3 is 11.8 Å². The average molecular weight is 201 g/mol. The quantitative estimate of drug-likeness (QED) is 0.272. The minimum absolute atomic E-state index is 0.303. The van der Waals surface area contributed by atoms with Gasteiger partial charge in [-0.25, -0.2) is 5.43 Å². The number of hydrogen-bond acceptors (Lipinski definition) is 4. The zero-order valence-corrected chi connectivity index (χ0v) is 8.59. The van der Waals surface area contributed by atoms with Crippen LogP contribution in [0.4, 0.5) is 0 Å². The Labute approximate surface area is 82.7 Å². The molecule has 6 heteroatoms. The molecule has 0 aliphatic heterocycles. The number of hydrogen-bond donors (Lipinski definition) is 2. The van der Waals surface area contributed by atoms with Crippen molar-refractivity contribution in [1.29, 1.82) is 0 Å². The molecular formula is C8H15N3O3. The molecule has 0 spiro atoms. The maximum atomic E-state index is 11.0. The summed E-state index contributed by atoms with van der Waals surface area (Å²) in [5, 5.41) is 5.96. The minimum atomic E-state index is -0.776. The first kappa shape index (κ1) is 12.6. The lowest BCUT2D eigenvalue weighted by atomic mass is 10.5. The van der Waals surface area contributed by atoms with Gasteiger partial charge in [0.25, 0.3) is 0 Å². The summed E-state index contributed by atoms with van der Waals surface area (Å²) in [4.78, 5) is 22.0. The maximum absolute atomic E-state index is 11.0. The van der Waals surface area contributed by atoms with E-state index >= 15 is 0 Å². The van der Waals surface area contributed by atoms with Crippen molar-refractivity contribution in [2.24, 2.45) is 5.10 Å². The summed E-state index contributed by atoms with van der Waals surface area (Å²) in [7, 11) is 1.51. The van der Waals surface area contributed by atoms with Crippen LogP contribution in [0.1, 0.15) is 13.8 Å². The predicted octanol–water partition coefficient (Wildman–Crippen LogP) is -0.739. The van der Waals surface area contributed by atoms with Crippen molar-refractivity contribution in [3.8, 4) is 0 Å². The Morgan fingerprint density at radius 1 is 1.29 bits per heavy atom. The average Bonchev–Trinajstić information content (AvgIpc) is 2.14. The molecule has 0 aromatic rings. The molecule has 0 fully saturated rings. The molecule has 0 aromatic carbocycles. The molecule has 2 amide bonds. The summed E-state index contributed by atoms with van der Waals surface area (Å²) in [6, 6.07) is 0. The third-order valence-corrected chi connectivity index (χ3v) is 1.18. The van der Waals surface area contributed by atoms with Gasteiger partial charge in [0.2, 0.25) is 0 Å². The Morgan fingerprint density at radius 3 is 2.43 bits per heavy atom. The monoisotopic (exact) mass is 201 g/mol. The SMILES string of the molecule is COCCNC(=O)C(=O)NN=C(C)C. The van der Waals surface area contributed by atoms with Crippen molar-refractivity contribution in [2.45, 2.75) is 13.8 Å². The Morgan fingerprint density at radius 2 is 1.93 bits per heavy atom. The van der Waals surface area contributed by atoms with Crippen LogP contribution in [0.25, 0.3) is 0 Å². The second-order valence-electron chi connectivity index (χ2n) is 2.75. The van der Waals surface area contributed by atoms with Gasteiger partial charge in [-0.15, -0.1) is 0 Å². The van der Waals surface area contributed by atoms with E-state index in [0.29, 0.717) is 18.9 Å². The van der Waals surface area contributed by atoms with Crippen LogP contribution in [0.15, 0.2) is 5.10 Å². The fourth-order valence-electron chi connectivity index (χ4n) is 0.560. The van der Waals surface area contributed by atoms with Gasteiger partial charge in [0, 0.05) is 19.4 Å². The molecule has 0 aromatic heterocycles. The zero-order valence-electron chi connectivity index (χ0n) is 8.59. The van der Waals surface area contributed by atoms with Gasteiger partial charge in [-0.3, -0.25) is 9.59 Å². The molecule has 0 unspecified atom stereocenters. The molecule has 6 nitrogen and oxygen atoms in total. The van der Waals surface area contributed by atoms with Crippen LogP contribution in [0, 0.1) is 0 Å². The highest BCUT2D eigenvalue weighted by Crippen LogP contribution is 1.73. The van der Waals surface area contributed by atoms with E-state index in [9.17, 15) is 9.59 Å². The molecule has 0 atom stereocenters. The van der Waals surface area contributed by atoms with Gasteiger partial charge in [-0.05, 0) is 13.8 Å². The molecule has 0 radical (unpaired) electrons. The van der Waals surface area contributed by atoms with Crippen LogP contribution < -0.4 is 10.7 Å². The third kappa shape index (κ3) is 6.13. The zero-order chi connectivity index (χ0) is 11.0. The fraction of sp³-hybridized carbons (Fsp3) is 0.625. The van der Waals surface area contributed by atoms with Crippen LogP contribution in [0.3, 0.4) is 0 Å². The summed E-state index contributed by atoms with van der Waals surface area (Å²) in [6.45, 7) is 4.10. The Balaban J connectivity index is 3.77. The third-order valence-electron chi connectivity index (χ3n) is 1.18. The first-order valence-electron chi connectivity index (χ1n) is 4.16. The van der Waals surface area contributed by atoms with Gasteiger partial charge < -0.3 is 10.1 Å². The molecule has 0 saturated carbocycles.